The van der Waals surface area contributed by atoms with Gasteiger partial charge in [-0.05, 0) is 62.7 Å². The van der Waals surface area contributed by atoms with Gasteiger partial charge in [-0.2, -0.15) is 0 Å². The van der Waals surface area contributed by atoms with E-state index >= 15 is 0 Å². The minimum absolute atomic E-state index is 0.521. The van der Waals surface area contributed by atoms with E-state index in [-0.39, 0.29) is 0 Å². The Morgan fingerprint density at radius 3 is 1.94 bits per heavy atom. The summed E-state index contributed by atoms with van der Waals surface area (Å²) in [6, 6.07) is 1.59. The Hall–Kier alpha value is -0.0400. The molecule has 16 heavy (non-hydrogen) atoms. The van der Waals surface area contributed by atoms with E-state index in [0.29, 0.717) is 5.41 Å². The first kappa shape index (κ1) is 12.4. The molecule has 1 N–H and O–H groups in total. The lowest BCUT2D eigenvalue weighted by atomic mass is 9.71. The smallest absolute Gasteiger partial charge is 0.00698 e. The second-order valence-corrected chi connectivity index (χ2v) is 7.21. The number of nitrogens with one attached hydrogen (secondary N) is 1. The van der Waals surface area contributed by atoms with Crippen LogP contribution in [0, 0.1) is 17.3 Å². The van der Waals surface area contributed by atoms with Gasteiger partial charge >= 0.3 is 0 Å². The fraction of sp³-hybridized carbons (Fsp3) is 1.00. The fourth-order valence-corrected chi connectivity index (χ4v) is 3.23. The van der Waals surface area contributed by atoms with Gasteiger partial charge in [0.1, 0.15) is 0 Å². The van der Waals surface area contributed by atoms with Crippen molar-refractivity contribution in [3.8, 4) is 0 Å². The summed E-state index contributed by atoms with van der Waals surface area (Å²) >= 11 is 0. The monoisotopic (exact) mass is 223 g/mol. The molecule has 0 heterocycles. The maximum Gasteiger partial charge on any atom is 0.00698 e. The van der Waals surface area contributed by atoms with Crippen LogP contribution in [0.5, 0.6) is 0 Å². The van der Waals surface area contributed by atoms with Crippen LogP contribution in [0.2, 0.25) is 0 Å². The molecule has 0 amide bonds. The molecular formula is C15H29N. The van der Waals surface area contributed by atoms with Crippen molar-refractivity contribution in [3.05, 3.63) is 0 Å². The third kappa shape index (κ3) is 3.23. The summed E-state index contributed by atoms with van der Waals surface area (Å²) in [6.07, 6.45) is 8.59. The van der Waals surface area contributed by atoms with Crippen molar-refractivity contribution in [1.82, 2.24) is 5.32 Å². The lowest BCUT2D eigenvalue weighted by Crippen LogP contribution is -2.41. The average molecular weight is 223 g/mol. The van der Waals surface area contributed by atoms with E-state index < -0.39 is 0 Å². The molecule has 0 bridgehead atoms. The molecule has 1 nitrogen and oxygen atoms in total. The van der Waals surface area contributed by atoms with E-state index in [1.54, 1.807) is 0 Å². The first-order valence-electron chi connectivity index (χ1n) is 7.23. The van der Waals surface area contributed by atoms with Crippen LogP contribution in [0.25, 0.3) is 0 Å². The Balaban J connectivity index is 1.72. The third-order valence-electron chi connectivity index (χ3n) is 4.78. The largest absolute Gasteiger partial charge is 0.311 e. The molecule has 0 radical (unpaired) electrons. The molecule has 0 aromatic carbocycles. The van der Waals surface area contributed by atoms with Crippen molar-refractivity contribution in [3.63, 3.8) is 0 Å². The van der Waals surface area contributed by atoms with Gasteiger partial charge in [-0.1, -0.05) is 20.8 Å². The first-order valence-corrected chi connectivity index (χ1v) is 7.23. The molecule has 2 fully saturated rings. The molecule has 2 rings (SSSR count). The van der Waals surface area contributed by atoms with Crippen LogP contribution in [-0.2, 0) is 0 Å². The molecule has 2 saturated carbocycles. The van der Waals surface area contributed by atoms with E-state index in [2.05, 4.69) is 33.0 Å². The molecule has 0 aliphatic heterocycles. The topological polar surface area (TPSA) is 12.0 Å². The predicted octanol–water partition coefficient (Wildman–Crippen LogP) is 3.98. The van der Waals surface area contributed by atoms with E-state index in [1.165, 1.54) is 38.5 Å². The highest BCUT2D eigenvalue weighted by Crippen LogP contribution is 2.38. The summed E-state index contributed by atoms with van der Waals surface area (Å²) in [5.74, 6) is 1.95. The highest BCUT2D eigenvalue weighted by Gasteiger charge is 2.33. The summed E-state index contributed by atoms with van der Waals surface area (Å²) in [5.41, 5.74) is 0.521. The number of rotatable bonds is 3. The van der Waals surface area contributed by atoms with Crippen molar-refractivity contribution >= 4 is 0 Å². The van der Waals surface area contributed by atoms with Crippen molar-refractivity contribution in [1.29, 1.82) is 0 Å². The molecule has 2 aliphatic carbocycles. The summed E-state index contributed by atoms with van der Waals surface area (Å²) in [5, 5.41) is 3.85. The summed E-state index contributed by atoms with van der Waals surface area (Å²) in [4.78, 5) is 0. The van der Waals surface area contributed by atoms with Gasteiger partial charge < -0.3 is 5.32 Å². The SMILES string of the molecule is CC(NC1CCC(C(C)(C)C)CC1)C1CC1. The molecule has 0 aromatic rings. The zero-order chi connectivity index (χ0) is 11.8. The van der Waals surface area contributed by atoms with Crippen LogP contribution in [0.1, 0.15) is 66.2 Å². The fourth-order valence-electron chi connectivity index (χ4n) is 3.23. The van der Waals surface area contributed by atoms with Crippen LogP contribution in [0.4, 0.5) is 0 Å². The zero-order valence-electron chi connectivity index (χ0n) is 11.6. The van der Waals surface area contributed by atoms with E-state index in [9.17, 15) is 0 Å². The molecule has 0 spiro atoms. The molecule has 0 saturated heterocycles. The minimum atomic E-state index is 0.521. The average Bonchev–Trinajstić information content (AvgIpc) is 3.00. The van der Waals surface area contributed by atoms with Gasteiger partial charge in [-0.3, -0.25) is 0 Å². The van der Waals surface area contributed by atoms with Crippen LogP contribution < -0.4 is 5.32 Å². The highest BCUT2D eigenvalue weighted by molar-refractivity contribution is 4.88. The molecule has 0 aromatic heterocycles. The molecule has 94 valence electrons. The molecule has 1 unspecified atom stereocenters. The van der Waals surface area contributed by atoms with Crippen molar-refractivity contribution in [2.75, 3.05) is 0 Å². The molecule has 1 atom stereocenters. The van der Waals surface area contributed by atoms with Gasteiger partial charge in [0, 0.05) is 12.1 Å². The van der Waals surface area contributed by atoms with Crippen molar-refractivity contribution in [2.45, 2.75) is 78.3 Å². The Morgan fingerprint density at radius 1 is 0.938 bits per heavy atom. The van der Waals surface area contributed by atoms with Gasteiger partial charge in [-0.15, -0.1) is 0 Å². The Labute approximate surface area is 101 Å². The highest BCUT2D eigenvalue weighted by atomic mass is 15.0. The summed E-state index contributed by atoms with van der Waals surface area (Å²) in [7, 11) is 0. The number of hydrogen-bond acceptors (Lipinski definition) is 1. The van der Waals surface area contributed by atoms with Crippen LogP contribution >= 0.6 is 0 Å². The lowest BCUT2D eigenvalue weighted by Gasteiger charge is -2.38. The molecule has 1 heteroatoms. The second kappa shape index (κ2) is 4.68. The van der Waals surface area contributed by atoms with E-state index in [4.69, 9.17) is 0 Å². The van der Waals surface area contributed by atoms with Crippen LogP contribution in [0.15, 0.2) is 0 Å². The number of hydrogen-bond donors (Lipinski definition) is 1. The Morgan fingerprint density at radius 2 is 1.50 bits per heavy atom. The Bertz CT molecular complexity index is 216. The quantitative estimate of drug-likeness (QED) is 0.763. The summed E-state index contributed by atoms with van der Waals surface area (Å²) < 4.78 is 0. The Kier molecular flexibility index (Phi) is 3.63. The summed E-state index contributed by atoms with van der Waals surface area (Å²) in [6.45, 7) is 9.59. The van der Waals surface area contributed by atoms with Gasteiger partial charge in [0.15, 0.2) is 0 Å². The van der Waals surface area contributed by atoms with Crippen molar-refractivity contribution < 1.29 is 0 Å². The third-order valence-corrected chi connectivity index (χ3v) is 4.78. The molecular weight excluding hydrogens is 194 g/mol. The van der Waals surface area contributed by atoms with Crippen LogP contribution in [-0.4, -0.2) is 12.1 Å². The molecule has 2 aliphatic rings. The lowest BCUT2D eigenvalue weighted by molar-refractivity contribution is 0.155. The minimum Gasteiger partial charge on any atom is -0.311 e. The van der Waals surface area contributed by atoms with Gasteiger partial charge in [0.05, 0.1) is 0 Å². The zero-order valence-corrected chi connectivity index (χ0v) is 11.6. The van der Waals surface area contributed by atoms with Gasteiger partial charge in [-0.25, -0.2) is 0 Å². The standard InChI is InChI=1S/C15H29N/c1-11(12-5-6-12)16-14-9-7-13(8-10-14)15(2,3)4/h11-14,16H,5-10H2,1-4H3. The normalized spacial score (nSPS) is 33.8. The first-order chi connectivity index (χ1) is 7.47. The maximum absolute atomic E-state index is 3.85. The van der Waals surface area contributed by atoms with E-state index in [0.717, 1.165) is 23.9 Å². The maximum atomic E-state index is 3.85. The van der Waals surface area contributed by atoms with Crippen molar-refractivity contribution in [2.24, 2.45) is 17.3 Å². The second-order valence-electron chi connectivity index (χ2n) is 7.21. The van der Waals surface area contributed by atoms with Crippen LogP contribution in [0.3, 0.4) is 0 Å². The predicted molar refractivity (Wildman–Crippen MR) is 70.5 cm³/mol. The van der Waals surface area contributed by atoms with Gasteiger partial charge in [0.2, 0.25) is 0 Å². The van der Waals surface area contributed by atoms with Gasteiger partial charge in [0.25, 0.3) is 0 Å². The van der Waals surface area contributed by atoms with E-state index in [1.807, 2.05) is 0 Å².